The molecule has 0 bridgehead atoms. The number of halogens is 1. The van der Waals surface area contributed by atoms with E-state index in [9.17, 15) is 4.79 Å². The Balaban J connectivity index is 2.06. The van der Waals surface area contributed by atoms with Crippen molar-refractivity contribution in [1.82, 2.24) is 4.90 Å². The van der Waals surface area contributed by atoms with Crippen LogP contribution in [-0.2, 0) is 16.0 Å². The van der Waals surface area contributed by atoms with Gasteiger partial charge >= 0.3 is 0 Å². The smallest absolute Gasteiger partial charge is 0.167 e. The normalized spacial score (nSPS) is 19.8. The van der Waals surface area contributed by atoms with Gasteiger partial charge in [0.1, 0.15) is 11.9 Å². The van der Waals surface area contributed by atoms with Crippen LogP contribution in [0.2, 0.25) is 0 Å². The van der Waals surface area contributed by atoms with E-state index in [0.717, 1.165) is 22.3 Å². The molecule has 116 valence electrons. The van der Waals surface area contributed by atoms with Gasteiger partial charge in [0.25, 0.3) is 0 Å². The van der Waals surface area contributed by atoms with Crippen LogP contribution in [0.25, 0.3) is 0 Å². The molecule has 1 unspecified atom stereocenters. The first-order chi connectivity index (χ1) is 10.0. The Kier molecular flexibility index (Phi) is 5.79. The summed E-state index contributed by atoms with van der Waals surface area (Å²) in [4.78, 5) is 14.8. The minimum Gasteiger partial charge on any atom is -0.496 e. The molecule has 2 rings (SSSR count). The minimum absolute atomic E-state index is 0.108. The SMILES string of the molecule is COc1ccc(Br)cc1CC(=O)C1CN(C(C)C)CCO1. The number of hydrogen-bond acceptors (Lipinski definition) is 4. The number of benzene rings is 1. The second-order valence-corrected chi connectivity index (χ2v) is 6.46. The Morgan fingerprint density at radius 1 is 1.52 bits per heavy atom. The lowest BCUT2D eigenvalue weighted by atomic mass is 10.0. The van der Waals surface area contributed by atoms with Crippen molar-refractivity contribution in [3.8, 4) is 5.75 Å². The Labute approximate surface area is 134 Å². The first kappa shape index (κ1) is 16.5. The predicted octanol–water partition coefficient (Wildman–Crippen LogP) is 2.68. The maximum atomic E-state index is 12.5. The molecule has 0 aliphatic carbocycles. The molecule has 1 aromatic rings. The molecule has 0 amide bonds. The monoisotopic (exact) mass is 355 g/mol. The summed E-state index contributed by atoms with van der Waals surface area (Å²) in [6.07, 6.45) is -0.0102. The van der Waals surface area contributed by atoms with Gasteiger partial charge in [-0.3, -0.25) is 9.69 Å². The zero-order valence-electron chi connectivity index (χ0n) is 12.8. The van der Waals surface area contributed by atoms with Gasteiger partial charge in [0.05, 0.1) is 13.7 Å². The van der Waals surface area contributed by atoms with Gasteiger partial charge in [-0.2, -0.15) is 0 Å². The Morgan fingerprint density at radius 3 is 2.95 bits per heavy atom. The van der Waals surface area contributed by atoms with Gasteiger partial charge in [-0.1, -0.05) is 15.9 Å². The van der Waals surface area contributed by atoms with Gasteiger partial charge in [0, 0.05) is 35.6 Å². The number of nitrogens with zero attached hydrogens (tertiary/aromatic N) is 1. The highest BCUT2D eigenvalue weighted by molar-refractivity contribution is 9.10. The molecular weight excluding hydrogens is 334 g/mol. The molecule has 0 N–H and O–H groups in total. The molecule has 1 atom stereocenters. The summed E-state index contributed by atoms with van der Waals surface area (Å²) < 4.78 is 11.9. The molecule has 1 fully saturated rings. The molecule has 1 aromatic carbocycles. The average Bonchev–Trinajstić information content (AvgIpc) is 2.47. The predicted molar refractivity (Wildman–Crippen MR) is 85.9 cm³/mol. The number of rotatable bonds is 5. The largest absolute Gasteiger partial charge is 0.496 e. The van der Waals surface area contributed by atoms with Crippen LogP contribution in [0.5, 0.6) is 5.75 Å². The van der Waals surface area contributed by atoms with E-state index in [1.165, 1.54) is 0 Å². The second-order valence-electron chi connectivity index (χ2n) is 5.55. The van der Waals surface area contributed by atoms with Gasteiger partial charge < -0.3 is 9.47 Å². The Hall–Kier alpha value is -0.910. The van der Waals surface area contributed by atoms with Gasteiger partial charge in [0.15, 0.2) is 5.78 Å². The summed E-state index contributed by atoms with van der Waals surface area (Å²) in [6.45, 7) is 6.47. The van der Waals surface area contributed by atoms with E-state index in [-0.39, 0.29) is 11.9 Å². The molecule has 1 saturated heterocycles. The van der Waals surface area contributed by atoms with Crippen LogP contribution in [0, 0.1) is 0 Å². The highest BCUT2D eigenvalue weighted by Crippen LogP contribution is 2.24. The van der Waals surface area contributed by atoms with Crippen molar-refractivity contribution in [2.24, 2.45) is 0 Å². The van der Waals surface area contributed by atoms with E-state index in [1.807, 2.05) is 18.2 Å². The minimum atomic E-state index is -0.343. The number of carbonyl (C=O) groups is 1. The molecule has 1 aliphatic heterocycles. The molecule has 21 heavy (non-hydrogen) atoms. The van der Waals surface area contributed by atoms with E-state index in [1.54, 1.807) is 7.11 Å². The third-order valence-corrected chi connectivity index (χ3v) is 4.29. The molecule has 1 aliphatic rings. The highest BCUT2D eigenvalue weighted by Gasteiger charge is 2.28. The quantitative estimate of drug-likeness (QED) is 0.813. The number of methoxy groups -OCH3 is 1. The van der Waals surface area contributed by atoms with E-state index >= 15 is 0 Å². The Bertz CT molecular complexity index is 504. The highest BCUT2D eigenvalue weighted by atomic mass is 79.9. The van der Waals surface area contributed by atoms with Crippen molar-refractivity contribution in [2.45, 2.75) is 32.4 Å². The van der Waals surface area contributed by atoms with Gasteiger partial charge in [0.2, 0.25) is 0 Å². The molecule has 0 saturated carbocycles. The molecule has 5 heteroatoms. The zero-order chi connectivity index (χ0) is 15.4. The van der Waals surface area contributed by atoms with Crippen molar-refractivity contribution in [3.05, 3.63) is 28.2 Å². The third kappa shape index (κ3) is 4.28. The van der Waals surface area contributed by atoms with E-state index in [2.05, 4.69) is 34.7 Å². The van der Waals surface area contributed by atoms with Gasteiger partial charge in [-0.15, -0.1) is 0 Å². The summed E-state index contributed by atoms with van der Waals surface area (Å²) in [5.74, 6) is 0.847. The standard InChI is InChI=1S/C16H22BrNO3/c1-11(2)18-6-7-21-16(10-18)14(19)9-12-8-13(17)4-5-15(12)20-3/h4-5,8,11,16H,6-7,9-10H2,1-3H3. The van der Waals surface area contributed by atoms with Crippen LogP contribution in [0.3, 0.4) is 0 Å². The van der Waals surface area contributed by atoms with E-state index in [0.29, 0.717) is 25.6 Å². The van der Waals surface area contributed by atoms with Crippen molar-refractivity contribution >= 4 is 21.7 Å². The lowest BCUT2D eigenvalue weighted by Gasteiger charge is -2.34. The summed E-state index contributed by atoms with van der Waals surface area (Å²) in [5.41, 5.74) is 0.891. The molecule has 0 radical (unpaired) electrons. The van der Waals surface area contributed by atoms with Crippen molar-refractivity contribution in [2.75, 3.05) is 26.8 Å². The fraction of sp³-hybridized carbons (Fsp3) is 0.562. The van der Waals surface area contributed by atoms with Crippen molar-refractivity contribution < 1.29 is 14.3 Å². The second kappa shape index (κ2) is 7.38. The van der Waals surface area contributed by atoms with Crippen LogP contribution in [0.1, 0.15) is 19.4 Å². The molecule has 0 spiro atoms. The molecule has 1 heterocycles. The number of ether oxygens (including phenoxy) is 2. The lowest BCUT2D eigenvalue weighted by molar-refractivity contribution is -0.136. The maximum absolute atomic E-state index is 12.5. The Morgan fingerprint density at radius 2 is 2.29 bits per heavy atom. The van der Waals surface area contributed by atoms with Crippen LogP contribution in [0.15, 0.2) is 22.7 Å². The number of carbonyl (C=O) groups excluding carboxylic acids is 1. The average molecular weight is 356 g/mol. The van der Waals surface area contributed by atoms with Crippen LogP contribution >= 0.6 is 15.9 Å². The summed E-state index contributed by atoms with van der Waals surface area (Å²) >= 11 is 3.43. The van der Waals surface area contributed by atoms with E-state index in [4.69, 9.17) is 9.47 Å². The first-order valence-corrected chi connectivity index (χ1v) is 8.01. The van der Waals surface area contributed by atoms with Gasteiger partial charge in [-0.25, -0.2) is 0 Å². The number of ketones is 1. The maximum Gasteiger partial charge on any atom is 0.167 e. The van der Waals surface area contributed by atoms with E-state index < -0.39 is 0 Å². The first-order valence-electron chi connectivity index (χ1n) is 7.22. The molecule has 4 nitrogen and oxygen atoms in total. The van der Waals surface area contributed by atoms with Crippen LogP contribution < -0.4 is 4.74 Å². The van der Waals surface area contributed by atoms with Crippen molar-refractivity contribution in [3.63, 3.8) is 0 Å². The fourth-order valence-corrected chi connectivity index (χ4v) is 2.93. The topological polar surface area (TPSA) is 38.8 Å². The van der Waals surface area contributed by atoms with Crippen molar-refractivity contribution in [1.29, 1.82) is 0 Å². The molecule has 0 aromatic heterocycles. The third-order valence-electron chi connectivity index (χ3n) is 3.79. The zero-order valence-corrected chi connectivity index (χ0v) is 14.4. The van der Waals surface area contributed by atoms with Crippen LogP contribution in [0.4, 0.5) is 0 Å². The summed E-state index contributed by atoms with van der Waals surface area (Å²) in [5, 5.41) is 0. The number of hydrogen-bond donors (Lipinski definition) is 0. The fourth-order valence-electron chi connectivity index (χ4n) is 2.52. The van der Waals surface area contributed by atoms with Crippen LogP contribution in [-0.4, -0.2) is 49.6 Å². The lowest BCUT2D eigenvalue weighted by Crippen LogP contribution is -2.49. The molecular formula is C16H22BrNO3. The number of morpholine rings is 1. The number of Topliss-reactive ketones (excluding diaryl/α,β-unsaturated/α-hetero) is 1. The summed E-state index contributed by atoms with van der Waals surface area (Å²) in [7, 11) is 1.62. The summed E-state index contributed by atoms with van der Waals surface area (Å²) in [6, 6.07) is 6.14. The van der Waals surface area contributed by atoms with Gasteiger partial charge in [-0.05, 0) is 32.0 Å².